The van der Waals surface area contributed by atoms with E-state index in [1.165, 1.54) is 21.5 Å². The minimum Gasteiger partial charge on any atom is -0.748 e. The maximum Gasteiger partial charge on any atom is 0.125 e. The van der Waals surface area contributed by atoms with Gasteiger partial charge in [0, 0.05) is 11.8 Å². The molecule has 4 rings (SSSR count). The van der Waals surface area contributed by atoms with Gasteiger partial charge in [0.2, 0.25) is 0 Å². The Morgan fingerprint density at radius 2 is 1.00 bits per heavy atom. The van der Waals surface area contributed by atoms with Crippen LogP contribution in [0.25, 0.3) is 0 Å². The summed E-state index contributed by atoms with van der Waals surface area (Å²) in [6.45, 7) is 0. The van der Waals surface area contributed by atoms with Crippen LogP contribution in [0.3, 0.4) is 0 Å². The predicted octanol–water partition coefficient (Wildman–Crippen LogP) is 4.35. The van der Waals surface area contributed by atoms with Crippen molar-refractivity contribution < 1.29 is 17.7 Å². The molecule has 0 aliphatic heterocycles. The Morgan fingerprint density at radius 1 is 0.667 bits per heavy atom. The molecule has 0 aliphatic carbocycles. The Labute approximate surface area is 197 Å². The molecule has 0 aromatic heterocycles. The number of hydrogen-bond acceptors (Lipinski definition) is 4. The smallest absolute Gasteiger partial charge is 0.125 e. The van der Waals surface area contributed by atoms with E-state index in [1.807, 2.05) is 6.07 Å². The Hall–Kier alpha value is -2.98. The van der Waals surface area contributed by atoms with Gasteiger partial charge in [-0.25, -0.2) is 8.42 Å². The molecule has 4 aromatic rings. The summed E-state index contributed by atoms with van der Waals surface area (Å²) in [5, 5.41) is 4.16. The summed E-state index contributed by atoms with van der Waals surface area (Å²) in [4.78, 5) is 0. The van der Waals surface area contributed by atoms with Crippen LogP contribution in [0.1, 0.15) is 5.56 Å². The number of rotatable bonds is 6. The van der Waals surface area contributed by atoms with E-state index in [0.29, 0.717) is 6.26 Å². The van der Waals surface area contributed by atoms with Crippen LogP contribution in [0.15, 0.2) is 115 Å². The highest BCUT2D eigenvalue weighted by Gasteiger charge is 2.45. The molecule has 0 N–H and O–H groups in total. The Morgan fingerprint density at radius 3 is 1.36 bits per heavy atom. The third kappa shape index (κ3) is 6.52. The first-order chi connectivity index (χ1) is 15.8. The largest absolute Gasteiger partial charge is 0.748 e. The molecule has 0 heterocycles. The number of hydrogen-bond donors (Lipinski definition) is 0. The standard InChI is InChI=1S/C26H24OP.CH4O3S/c1-27-26-20-12-11-13-22(26)21-28(23-14-5-2-6-15-23,24-16-7-3-8-17-24)25-18-9-4-10-19-25;1-5(2,3)4/h2-20H,21H2,1H3;1H3,(H,2,3,4)/q+1;/p-1. The van der Waals surface area contributed by atoms with Gasteiger partial charge in [-0.1, -0.05) is 72.8 Å². The molecule has 4 nitrogen and oxygen atoms in total. The molecule has 0 spiro atoms. The van der Waals surface area contributed by atoms with Gasteiger partial charge in [-0.05, 0) is 42.5 Å². The fourth-order valence-corrected chi connectivity index (χ4v) is 8.12. The molecule has 0 aliphatic rings. The highest BCUT2D eigenvalue weighted by atomic mass is 32.2. The Bertz CT molecular complexity index is 1140. The average molecular weight is 479 g/mol. The fourth-order valence-electron chi connectivity index (χ4n) is 3.86. The molecule has 0 amide bonds. The van der Waals surface area contributed by atoms with Gasteiger partial charge in [0.25, 0.3) is 0 Å². The van der Waals surface area contributed by atoms with Gasteiger partial charge < -0.3 is 9.29 Å². The second kappa shape index (κ2) is 11.2. The van der Waals surface area contributed by atoms with E-state index in [9.17, 15) is 0 Å². The van der Waals surface area contributed by atoms with Crippen LogP contribution in [0, 0.1) is 0 Å². The quantitative estimate of drug-likeness (QED) is 0.305. The summed E-state index contributed by atoms with van der Waals surface area (Å²) in [6.07, 6.45) is 1.53. The van der Waals surface area contributed by atoms with Crippen LogP contribution in [0.2, 0.25) is 0 Å². The lowest BCUT2D eigenvalue weighted by Gasteiger charge is -2.28. The maximum atomic E-state index is 9.08. The van der Waals surface area contributed by atoms with Gasteiger partial charge in [0.15, 0.2) is 0 Å². The van der Waals surface area contributed by atoms with Gasteiger partial charge in [0.05, 0.1) is 17.2 Å². The highest BCUT2D eigenvalue weighted by molar-refractivity contribution is 7.95. The summed E-state index contributed by atoms with van der Waals surface area (Å²) in [7, 11) is -4.06. The first kappa shape index (κ1) is 24.7. The minimum absolute atomic E-state index is 0.604. The molecular formula is C27H27O4PS. The van der Waals surface area contributed by atoms with Crippen LogP contribution in [0.4, 0.5) is 0 Å². The molecule has 33 heavy (non-hydrogen) atoms. The number of para-hydroxylation sites is 1. The van der Waals surface area contributed by atoms with E-state index < -0.39 is 17.4 Å². The fraction of sp³-hybridized carbons (Fsp3) is 0.111. The van der Waals surface area contributed by atoms with Crippen molar-refractivity contribution in [1.82, 2.24) is 0 Å². The number of benzene rings is 4. The molecule has 0 unspecified atom stereocenters. The van der Waals surface area contributed by atoms with Crippen molar-refractivity contribution in [3.63, 3.8) is 0 Å². The first-order valence-electron chi connectivity index (χ1n) is 10.4. The number of methoxy groups -OCH3 is 1. The Kier molecular flexibility index (Phi) is 8.40. The SMILES string of the molecule is COc1ccccc1C[P+](c1ccccc1)(c1ccccc1)c1ccccc1.CS(=O)(=O)[O-]. The van der Waals surface area contributed by atoms with E-state index in [-0.39, 0.29) is 0 Å². The topological polar surface area (TPSA) is 66.4 Å². The minimum atomic E-state index is -3.92. The third-order valence-corrected chi connectivity index (χ3v) is 9.55. The molecule has 4 aromatic carbocycles. The second-order valence-corrected chi connectivity index (χ2v) is 12.4. The van der Waals surface area contributed by atoms with E-state index in [4.69, 9.17) is 17.7 Å². The number of ether oxygens (including phenoxy) is 1. The summed E-state index contributed by atoms with van der Waals surface area (Å²) >= 11 is 0. The predicted molar refractivity (Wildman–Crippen MR) is 137 cm³/mol. The molecule has 6 heteroatoms. The molecule has 0 fully saturated rings. The lowest BCUT2D eigenvalue weighted by atomic mass is 10.2. The molecule has 0 bridgehead atoms. The van der Waals surface area contributed by atoms with E-state index in [0.717, 1.165) is 11.9 Å². The molecule has 0 radical (unpaired) electrons. The van der Waals surface area contributed by atoms with Gasteiger partial charge in [-0.2, -0.15) is 0 Å². The summed E-state index contributed by atoms with van der Waals surface area (Å²) < 4.78 is 32.9. The van der Waals surface area contributed by atoms with Crippen LogP contribution in [-0.4, -0.2) is 26.3 Å². The van der Waals surface area contributed by atoms with Crippen molar-refractivity contribution in [3.8, 4) is 5.75 Å². The van der Waals surface area contributed by atoms with Gasteiger partial charge in [-0.15, -0.1) is 0 Å². The zero-order valence-electron chi connectivity index (χ0n) is 18.7. The summed E-state index contributed by atoms with van der Waals surface area (Å²) in [5.41, 5.74) is 1.25. The maximum absolute atomic E-state index is 9.08. The van der Waals surface area contributed by atoms with E-state index in [2.05, 4.69) is 109 Å². The molecule has 0 saturated carbocycles. The first-order valence-corrected chi connectivity index (χ1v) is 14.2. The van der Waals surface area contributed by atoms with Crippen molar-refractivity contribution in [1.29, 1.82) is 0 Å². The lowest BCUT2D eigenvalue weighted by Crippen LogP contribution is -2.32. The summed E-state index contributed by atoms with van der Waals surface area (Å²) in [6, 6.07) is 41.3. The van der Waals surface area contributed by atoms with Crippen LogP contribution in [0.5, 0.6) is 5.75 Å². The van der Waals surface area contributed by atoms with Crippen molar-refractivity contribution >= 4 is 33.3 Å². The average Bonchev–Trinajstić information content (AvgIpc) is 2.83. The zero-order chi connectivity index (χ0) is 23.7. The van der Waals surface area contributed by atoms with E-state index >= 15 is 0 Å². The van der Waals surface area contributed by atoms with Crippen molar-refractivity contribution in [2.75, 3.05) is 13.4 Å². The van der Waals surface area contributed by atoms with E-state index in [1.54, 1.807) is 7.11 Å². The van der Waals surface area contributed by atoms with Crippen molar-refractivity contribution in [2.45, 2.75) is 6.16 Å². The van der Waals surface area contributed by atoms with Crippen LogP contribution in [-0.2, 0) is 16.3 Å². The molecule has 0 saturated heterocycles. The van der Waals surface area contributed by atoms with Crippen molar-refractivity contribution in [2.24, 2.45) is 0 Å². The van der Waals surface area contributed by atoms with Crippen LogP contribution < -0.4 is 20.7 Å². The van der Waals surface area contributed by atoms with Gasteiger partial charge in [-0.3, -0.25) is 0 Å². The van der Waals surface area contributed by atoms with Gasteiger partial charge in [0.1, 0.15) is 35.1 Å². The van der Waals surface area contributed by atoms with Crippen molar-refractivity contribution in [3.05, 3.63) is 121 Å². The normalized spacial score (nSPS) is 11.2. The molecular weight excluding hydrogens is 451 g/mol. The summed E-state index contributed by atoms with van der Waals surface area (Å²) in [5.74, 6) is 0.953. The third-order valence-electron chi connectivity index (χ3n) is 5.19. The zero-order valence-corrected chi connectivity index (χ0v) is 20.4. The second-order valence-electron chi connectivity index (χ2n) is 7.49. The molecule has 0 atom stereocenters. The molecule has 170 valence electrons. The Balaban J connectivity index is 0.000000555. The van der Waals surface area contributed by atoms with Crippen LogP contribution >= 0.6 is 7.26 Å². The lowest BCUT2D eigenvalue weighted by molar-refractivity contribution is 0.411. The monoisotopic (exact) mass is 478 g/mol. The van der Waals surface area contributed by atoms with Gasteiger partial charge >= 0.3 is 0 Å². The highest BCUT2D eigenvalue weighted by Crippen LogP contribution is 2.58.